The van der Waals surface area contributed by atoms with E-state index in [9.17, 15) is 4.79 Å². The first kappa shape index (κ1) is 17.7. The van der Waals surface area contributed by atoms with E-state index >= 15 is 0 Å². The van der Waals surface area contributed by atoms with Gasteiger partial charge in [-0.05, 0) is 37.6 Å². The second-order valence-corrected chi connectivity index (χ2v) is 5.61. The fraction of sp³-hybridized carbons (Fsp3) is 0.294. The predicted molar refractivity (Wildman–Crippen MR) is 93.5 cm³/mol. The van der Waals surface area contributed by atoms with E-state index in [4.69, 9.17) is 27.9 Å². The Bertz CT molecular complexity index is 630. The number of carbonyl (C=O) groups excluding carboxylic acids is 1. The standard InChI is InChI=1S/C17H18Cl2N2O2/c1-2-23-12-6-11-21(15-9-3-4-10-20-15)17(22)16-13(18)7-5-8-14(16)19/h3-5,7-10H,2,6,11-12H2,1H3. The Kier molecular flexibility index (Phi) is 6.84. The van der Waals surface area contributed by atoms with Gasteiger partial charge in [0.25, 0.3) is 5.91 Å². The Morgan fingerprint density at radius 1 is 1.17 bits per heavy atom. The highest BCUT2D eigenvalue weighted by atomic mass is 35.5. The van der Waals surface area contributed by atoms with E-state index in [2.05, 4.69) is 4.98 Å². The summed E-state index contributed by atoms with van der Waals surface area (Å²) in [5.41, 5.74) is 0.290. The minimum absolute atomic E-state index is 0.268. The van der Waals surface area contributed by atoms with Crippen molar-refractivity contribution >= 4 is 34.9 Å². The molecule has 0 spiro atoms. The van der Waals surface area contributed by atoms with Gasteiger partial charge < -0.3 is 4.74 Å². The molecule has 0 saturated heterocycles. The lowest BCUT2D eigenvalue weighted by atomic mass is 10.2. The molecule has 2 aromatic rings. The molecule has 4 nitrogen and oxygen atoms in total. The molecule has 1 amide bonds. The van der Waals surface area contributed by atoms with Crippen molar-refractivity contribution in [1.82, 2.24) is 4.98 Å². The number of ether oxygens (including phenoxy) is 1. The van der Waals surface area contributed by atoms with E-state index in [-0.39, 0.29) is 11.5 Å². The minimum Gasteiger partial charge on any atom is -0.382 e. The van der Waals surface area contributed by atoms with Crippen molar-refractivity contribution in [3.05, 3.63) is 58.2 Å². The van der Waals surface area contributed by atoms with Crippen LogP contribution in [0.1, 0.15) is 23.7 Å². The van der Waals surface area contributed by atoms with Crippen LogP contribution in [0.4, 0.5) is 5.82 Å². The predicted octanol–water partition coefficient (Wildman–Crippen LogP) is 4.46. The van der Waals surface area contributed by atoms with Crippen LogP contribution in [0.2, 0.25) is 10.0 Å². The Hall–Kier alpha value is -1.62. The quantitative estimate of drug-likeness (QED) is 0.690. The molecule has 1 heterocycles. The summed E-state index contributed by atoms with van der Waals surface area (Å²) in [6.45, 7) is 3.62. The lowest BCUT2D eigenvalue weighted by Crippen LogP contribution is -2.33. The van der Waals surface area contributed by atoms with Crippen molar-refractivity contribution in [3.8, 4) is 0 Å². The van der Waals surface area contributed by atoms with Gasteiger partial charge in [0.2, 0.25) is 0 Å². The first-order valence-electron chi connectivity index (χ1n) is 7.39. The number of aromatic nitrogens is 1. The minimum atomic E-state index is -0.268. The molecule has 6 heteroatoms. The Morgan fingerprint density at radius 3 is 2.52 bits per heavy atom. The molecule has 0 bridgehead atoms. The van der Waals surface area contributed by atoms with Crippen LogP contribution in [0.15, 0.2) is 42.6 Å². The topological polar surface area (TPSA) is 42.4 Å². The maximum absolute atomic E-state index is 12.9. The van der Waals surface area contributed by atoms with Gasteiger partial charge >= 0.3 is 0 Å². The molecule has 23 heavy (non-hydrogen) atoms. The van der Waals surface area contributed by atoms with Crippen molar-refractivity contribution in [2.45, 2.75) is 13.3 Å². The number of hydrogen-bond acceptors (Lipinski definition) is 3. The highest BCUT2D eigenvalue weighted by Crippen LogP contribution is 2.27. The van der Waals surface area contributed by atoms with Gasteiger partial charge in [-0.1, -0.05) is 35.3 Å². The summed E-state index contributed by atoms with van der Waals surface area (Å²) in [7, 11) is 0. The summed E-state index contributed by atoms with van der Waals surface area (Å²) < 4.78 is 5.34. The number of nitrogens with zero attached hydrogens (tertiary/aromatic N) is 2. The molecule has 122 valence electrons. The number of pyridine rings is 1. The molecule has 2 rings (SSSR count). The Balaban J connectivity index is 2.27. The summed E-state index contributed by atoms with van der Waals surface area (Å²) in [5, 5.41) is 0.654. The average molecular weight is 353 g/mol. The summed E-state index contributed by atoms with van der Waals surface area (Å²) in [5.74, 6) is 0.292. The van der Waals surface area contributed by atoms with Crippen LogP contribution in [0.5, 0.6) is 0 Å². The summed E-state index contributed by atoms with van der Waals surface area (Å²) in [6.07, 6.45) is 2.34. The second-order valence-electron chi connectivity index (χ2n) is 4.79. The SMILES string of the molecule is CCOCCCN(C(=O)c1c(Cl)cccc1Cl)c1ccccn1. The zero-order valence-electron chi connectivity index (χ0n) is 12.8. The molecule has 1 aromatic heterocycles. The highest BCUT2D eigenvalue weighted by Gasteiger charge is 2.23. The van der Waals surface area contributed by atoms with Gasteiger partial charge in [-0.15, -0.1) is 0 Å². The number of anilines is 1. The number of halogens is 2. The van der Waals surface area contributed by atoms with Crippen molar-refractivity contribution in [2.24, 2.45) is 0 Å². The molecule has 0 aliphatic rings. The van der Waals surface area contributed by atoms with Gasteiger partial charge in [0, 0.05) is 26.0 Å². The summed E-state index contributed by atoms with van der Waals surface area (Å²) in [4.78, 5) is 18.8. The van der Waals surface area contributed by atoms with Crippen molar-refractivity contribution < 1.29 is 9.53 Å². The van der Waals surface area contributed by atoms with E-state index in [1.807, 2.05) is 13.0 Å². The van der Waals surface area contributed by atoms with Gasteiger partial charge in [-0.3, -0.25) is 9.69 Å². The zero-order chi connectivity index (χ0) is 16.7. The Morgan fingerprint density at radius 2 is 1.91 bits per heavy atom. The molecule has 0 unspecified atom stereocenters. The monoisotopic (exact) mass is 352 g/mol. The van der Waals surface area contributed by atoms with Gasteiger partial charge in [0.1, 0.15) is 5.82 Å². The third-order valence-corrected chi connectivity index (χ3v) is 3.85. The fourth-order valence-corrected chi connectivity index (χ4v) is 2.70. The van der Waals surface area contributed by atoms with Crippen molar-refractivity contribution in [2.75, 3.05) is 24.7 Å². The molecule has 0 aliphatic carbocycles. The first-order valence-corrected chi connectivity index (χ1v) is 8.15. The third kappa shape index (κ3) is 4.67. The van der Waals surface area contributed by atoms with E-state index in [0.717, 1.165) is 0 Å². The van der Waals surface area contributed by atoms with Crippen molar-refractivity contribution in [1.29, 1.82) is 0 Å². The van der Waals surface area contributed by atoms with Crippen LogP contribution >= 0.6 is 23.2 Å². The molecule has 0 radical (unpaired) electrons. The number of carbonyl (C=O) groups is 1. The first-order chi connectivity index (χ1) is 11.1. The molecule has 0 saturated carbocycles. The van der Waals surface area contributed by atoms with Crippen LogP contribution in [0.3, 0.4) is 0 Å². The lowest BCUT2D eigenvalue weighted by Gasteiger charge is -2.22. The molecule has 0 atom stereocenters. The van der Waals surface area contributed by atoms with Crippen LogP contribution in [0.25, 0.3) is 0 Å². The van der Waals surface area contributed by atoms with Gasteiger partial charge in [-0.2, -0.15) is 0 Å². The normalized spacial score (nSPS) is 10.6. The van der Waals surface area contributed by atoms with E-state index in [1.165, 1.54) is 0 Å². The molecule has 0 fully saturated rings. The molecule has 0 aliphatic heterocycles. The summed E-state index contributed by atoms with van der Waals surface area (Å²) >= 11 is 12.3. The van der Waals surface area contributed by atoms with Crippen LogP contribution in [-0.2, 0) is 4.74 Å². The van der Waals surface area contributed by atoms with E-state index < -0.39 is 0 Å². The highest BCUT2D eigenvalue weighted by molar-refractivity contribution is 6.40. The smallest absolute Gasteiger partial charge is 0.262 e. The molecular formula is C17H18Cl2N2O2. The second kappa shape index (κ2) is 8.87. The molecule has 1 aromatic carbocycles. The van der Waals surface area contributed by atoms with Gasteiger partial charge in [0.15, 0.2) is 0 Å². The maximum atomic E-state index is 12.9. The summed E-state index contributed by atoms with van der Waals surface area (Å²) in [6, 6.07) is 10.4. The number of benzene rings is 1. The van der Waals surface area contributed by atoms with E-state index in [0.29, 0.717) is 42.0 Å². The van der Waals surface area contributed by atoms with Crippen LogP contribution < -0.4 is 4.90 Å². The number of amides is 1. The van der Waals surface area contributed by atoms with Gasteiger partial charge in [-0.25, -0.2) is 4.98 Å². The lowest BCUT2D eigenvalue weighted by molar-refractivity contribution is 0.0980. The van der Waals surface area contributed by atoms with Crippen LogP contribution in [0, 0.1) is 0 Å². The number of hydrogen-bond donors (Lipinski definition) is 0. The average Bonchev–Trinajstić information content (AvgIpc) is 2.55. The van der Waals surface area contributed by atoms with Crippen molar-refractivity contribution in [3.63, 3.8) is 0 Å². The van der Waals surface area contributed by atoms with Gasteiger partial charge in [0.05, 0.1) is 15.6 Å². The molecular weight excluding hydrogens is 335 g/mol. The fourth-order valence-electron chi connectivity index (χ4n) is 2.14. The maximum Gasteiger partial charge on any atom is 0.262 e. The van der Waals surface area contributed by atoms with E-state index in [1.54, 1.807) is 41.4 Å². The third-order valence-electron chi connectivity index (χ3n) is 3.22. The van der Waals surface area contributed by atoms with Crippen LogP contribution in [-0.4, -0.2) is 30.6 Å². The zero-order valence-corrected chi connectivity index (χ0v) is 14.3. The molecule has 0 N–H and O–H groups in total. The number of rotatable bonds is 7. The Labute approximate surface area is 146 Å². The largest absolute Gasteiger partial charge is 0.382 e.